The number of amides is 1. The molecule has 0 spiro atoms. The fourth-order valence-electron chi connectivity index (χ4n) is 3.32. The minimum absolute atomic E-state index is 0.0559. The van der Waals surface area contributed by atoms with Crippen LogP contribution in [-0.4, -0.2) is 33.9 Å². The van der Waals surface area contributed by atoms with Crippen LogP contribution in [0.1, 0.15) is 29.8 Å². The van der Waals surface area contributed by atoms with Gasteiger partial charge >= 0.3 is 0 Å². The summed E-state index contributed by atoms with van der Waals surface area (Å²) < 4.78 is 5.63. The number of H-pyrrole nitrogens is 1. The Labute approximate surface area is 155 Å². The number of likely N-dealkylation sites (N-methyl/N-ethyl adjacent to an activating group) is 1. The number of carbonyl (C=O) groups is 1. The second kappa shape index (κ2) is 6.98. The van der Waals surface area contributed by atoms with Gasteiger partial charge in [0.2, 0.25) is 5.91 Å². The smallest absolute Gasteiger partial charge is 0.258 e. The molecular formula is C19H21N5O3. The number of aromatic nitrogens is 2. The molecule has 0 saturated carbocycles. The Morgan fingerprint density at radius 1 is 1.26 bits per heavy atom. The van der Waals surface area contributed by atoms with Gasteiger partial charge in [-0.2, -0.15) is 0 Å². The molecule has 0 radical (unpaired) electrons. The molecule has 4 rings (SSSR count). The number of aromatic amines is 1. The van der Waals surface area contributed by atoms with E-state index in [0.29, 0.717) is 23.1 Å². The molecule has 1 amide bonds. The summed E-state index contributed by atoms with van der Waals surface area (Å²) in [6.45, 7) is 2.11. The second-order valence-electron chi connectivity index (χ2n) is 6.80. The van der Waals surface area contributed by atoms with E-state index in [1.165, 1.54) is 0 Å². The normalized spacial score (nSPS) is 19.5. The quantitative estimate of drug-likeness (QED) is 0.644. The number of benzene rings is 1. The summed E-state index contributed by atoms with van der Waals surface area (Å²) in [7, 11) is 1.70. The highest BCUT2D eigenvalue weighted by atomic mass is 16.3. The van der Waals surface area contributed by atoms with Gasteiger partial charge in [-0.3, -0.25) is 9.59 Å². The molecule has 8 nitrogen and oxygen atoms in total. The predicted molar refractivity (Wildman–Crippen MR) is 99.7 cm³/mol. The molecule has 140 valence electrons. The van der Waals surface area contributed by atoms with Crippen LogP contribution < -0.4 is 16.4 Å². The van der Waals surface area contributed by atoms with Gasteiger partial charge < -0.3 is 14.3 Å². The lowest BCUT2D eigenvalue weighted by molar-refractivity contribution is -0.132. The number of aryl methyl sites for hydroxylation is 1. The van der Waals surface area contributed by atoms with Crippen molar-refractivity contribution in [3.63, 3.8) is 0 Å². The zero-order chi connectivity index (χ0) is 19.0. The van der Waals surface area contributed by atoms with Gasteiger partial charge in [-0.05, 0) is 37.6 Å². The van der Waals surface area contributed by atoms with E-state index in [1.54, 1.807) is 30.1 Å². The molecule has 27 heavy (non-hydrogen) atoms. The van der Waals surface area contributed by atoms with Crippen molar-refractivity contribution in [3.8, 4) is 0 Å². The van der Waals surface area contributed by atoms with Crippen molar-refractivity contribution in [1.82, 2.24) is 25.7 Å². The first-order chi connectivity index (χ1) is 13.0. The number of fused-ring (bicyclic) bond motifs is 1. The van der Waals surface area contributed by atoms with Crippen LogP contribution in [0, 0.1) is 6.92 Å². The highest BCUT2D eigenvalue weighted by Crippen LogP contribution is 2.24. The van der Waals surface area contributed by atoms with Crippen LogP contribution >= 0.6 is 0 Å². The van der Waals surface area contributed by atoms with Crippen LogP contribution in [0.5, 0.6) is 0 Å². The number of nitrogens with zero attached hydrogens (tertiary/aromatic N) is 2. The Bertz CT molecular complexity index is 1040. The van der Waals surface area contributed by atoms with Crippen molar-refractivity contribution < 1.29 is 9.21 Å². The van der Waals surface area contributed by atoms with E-state index < -0.39 is 0 Å². The zero-order valence-electron chi connectivity index (χ0n) is 15.2. The molecule has 8 heteroatoms. The van der Waals surface area contributed by atoms with Crippen LogP contribution in [0.25, 0.3) is 10.9 Å². The third-order valence-corrected chi connectivity index (χ3v) is 4.73. The van der Waals surface area contributed by atoms with Crippen LogP contribution in [-0.2, 0) is 11.3 Å². The van der Waals surface area contributed by atoms with Gasteiger partial charge in [0.1, 0.15) is 23.4 Å². The van der Waals surface area contributed by atoms with Crippen LogP contribution in [0.4, 0.5) is 0 Å². The van der Waals surface area contributed by atoms with Gasteiger partial charge in [0, 0.05) is 7.05 Å². The maximum absolute atomic E-state index is 12.8. The molecule has 3 N–H and O–H groups in total. The highest BCUT2D eigenvalue weighted by Gasteiger charge is 2.33. The molecule has 1 fully saturated rings. The van der Waals surface area contributed by atoms with E-state index >= 15 is 0 Å². The molecule has 2 unspecified atom stereocenters. The van der Waals surface area contributed by atoms with Crippen molar-refractivity contribution in [2.45, 2.75) is 32.0 Å². The van der Waals surface area contributed by atoms with Crippen LogP contribution in [0.3, 0.4) is 0 Å². The van der Waals surface area contributed by atoms with Crippen molar-refractivity contribution in [1.29, 1.82) is 0 Å². The van der Waals surface area contributed by atoms with Gasteiger partial charge in [0.15, 0.2) is 0 Å². The van der Waals surface area contributed by atoms with Gasteiger partial charge in [0.05, 0.1) is 23.5 Å². The molecule has 0 bridgehead atoms. The van der Waals surface area contributed by atoms with Gasteiger partial charge in [-0.1, -0.05) is 12.1 Å². The number of furan rings is 1. The third-order valence-electron chi connectivity index (χ3n) is 4.73. The van der Waals surface area contributed by atoms with Crippen molar-refractivity contribution in [2.24, 2.45) is 0 Å². The number of hydrazine groups is 1. The number of hydrogen-bond acceptors (Lipinski definition) is 6. The topological polar surface area (TPSA) is 103 Å². The van der Waals surface area contributed by atoms with Gasteiger partial charge in [-0.15, -0.1) is 0 Å². The van der Waals surface area contributed by atoms with Crippen LogP contribution in [0.15, 0.2) is 45.6 Å². The summed E-state index contributed by atoms with van der Waals surface area (Å²) in [6, 6.07) is 10.5. The summed E-state index contributed by atoms with van der Waals surface area (Å²) in [4.78, 5) is 33.7. The van der Waals surface area contributed by atoms with E-state index in [1.807, 2.05) is 25.1 Å². The summed E-state index contributed by atoms with van der Waals surface area (Å²) in [6.07, 6.45) is 0.581. The van der Waals surface area contributed by atoms with E-state index in [2.05, 4.69) is 20.8 Å². The minimum atomic E-state index is -0.377. The first-order valence-electron chi connectivity index (χ1n) is 8.81. The second-order valence-corrected chi connectivity index (χ2v) is 6.80. The SMILES string of the molecule is Cc1ccc(C2CC(C(=O)N(C)Cc3nc4ccccc4c(=O)[nH]3)NN2)o1. The number of para-hydroxylation sites is 1. The Morgan fingerprint density at radius 2 is 2.07 bits per heavy atom. The number of rotatable bonds is 4. The van der Waals surface area contributed by atoms with E-state index in [9.17, 15) is 9.59 Å². The first-order valence-corrected chi connectivity index (χ1v) is 8.81. The third kappa shape index (κ3) is 3.49. The fraction of sp³-hybridized carbons (Fsp3) is 0.316. The van der Waals surface area contributed by atoms with Crippen LogP contribution in [0.2, 0.25) is 0 Å². The van der Waals surface area contributed by atoms with E-state index in [0.717, 1.165) is 11.5 Å². The molecule has 2 atom stereocenters. The number of nitrogens with one attached hydrogen (secondary N) is 3. The largest absolute Gasteiger partial charge is 0.465 e. The lowest BCUT2D eigenvalue weighted by Crippen LogP contribution is -2.44. The standard InChI is InChI=1S/C19H21N5O3/c1-11-7-8-16(27-11)14-9-15(23-22-14)19(26)24(2)10-17-20-13-6-4-3-5-12(13)18(25)21-17/h3-8,14-15,22-23H,9-10H2,1-2H3,(H,20,21,25). The predicted octanol–water partition coefficient (Wildman–Crippen LogP) is 1.39. The fourth-order valence-corrected chi connectivity index (χ4v) is 3.32. The maximum Gasteiger partial charge on any atom is 0.258 e. The lowest BCUT2D eigenvalue weighted by Gasteiger charge is -2.20. The monoisotopic (exact) mass is 367 g/mol. The summed E-state index contributed by atoms with van der Waals surface area (Å²) in [5.74, 6) is 2.02. The molecular weight excluding hydrogens is 346 g/mol. The van der Waals surface area contributed by atoms with E-state index in [-0.39, 0.29) is 30.1 Å². The summed E-state index contributed by atoms with van der Waals surface area (Å²) >= 11 is 0. The minimum Gasteiger partial charge on any atom is -0.465 e. The lowest BCUT2D eigenvalue weighted by atomic mass is 10.1. The summed E-state index contributed by atoms with van der Waals surface area (Å²) in [5.41, 5.74) is 6.55. The number of carbonyl (C=O) groups excluding carboxylic acids is 1. The first kappa shape index (κ1) is 17.4. The Balaban J connectivity index is 1.45. The molecule has 1 aliphatic heterocycles. The molecule has 1 aliphatic rings. The average Bonchev–Trinajstić information content (AvgIpc) is 3.30. The zero-order valence-corrected chi connectivity index (χ0v) is 15.2. The Kier molecular flexibility index (Phi) is 4.51. The van der Waals surface area contributed by atoms with Crippen molar-refractivity contribution in [3.05, 3.63) is 64.1 Å². The average molecular weight is 367 g/mol. The highest BCUT2D eigenvalue weighted by molar-refractivity contribution is 5.82. The van der Waals surface area contributed by atoms with Gasteiger partial charge in [0.25, 0.3) is 5.56 Å². The molecule has 1 aromatic carbocycles. The van der Waals surface area contributed by atoms with Crippen molar-refractivity contribution >= 4 is 16.8 Å². The summed E-state index contributed by atoms with van der Waals surface area (Å²) in [5, 5.41) is 0.536. The van der Waals surface area contributed by atoms with Gasteiger partial charge in [-0.25, -0.2) is 15.8 Å². The molecule has 1 saturated heterocycles. The Morgan fingerprint density at radius 3 is 2.85 bits per heavy atom. The molecule has 3 heterocycles. The van der Waals surface area contributed by atoms with E-state index in [4.69, 9.17) is 4.42 Å². The maximum atomic E-state index is 12.8. The Hall–Kier alpha value is -2.97. The number of hydrogen-bond donors (Lipinski definition) is 3. The molecule has 2 aromatic heterocycles. The molecule has 3 aromatic rings. The van der Waals surface area contributed by atoms with Crippen molar-refractivity contribution in [2.75, 3.05) is 7.05 Å². The molecule has 0 aliphatic carbocycles.